The van der Waals surface area contributed by atoms with Crippen LogP contribution in [0.5, 0.6) is 0 Å². The number of hydrogen-bond acceptors (Lipinski definition) is 4. The monoisotopic (exact) mass is 290 g/mol. The summed E-state index contributed by atoms with van der Waals surface area (Å²) in [6, 6.07) is 11.0. The van der Waals surface area contributed by atoms with Gasteiger partial charge < -0.3 is 20.1 Å². The second-order valence-corrected chi connectivity index (χ2v) is 5.98. The molecule has 1 saturated heterocycles. The summed E-state index contributed by atoms with van der Waals surface area (Å²) in [7, 11) is 0. The molecule has 1 aromatic carbocycles. The fourth-order valence-corrected chi connectivity index (χ4v) is 3.23. The topological polar surface area (TPSA) is 42.5 Å². The van der Waals surface area contributed by atoms with Crippen molar-refractivity contribution in [2.45, 2.75) is 43.9 Å². The van der Waals surface area contributed by atoms with E-state index in [1.807, 2.05) is 6.07 Å². The van der Waals surface area contributed by atoms with Gasteiger partial charge in [-0.15, -0.1) is 0 Å². The molecule has 0 amide bonds. The average Bonchev–Trinajstić information content (AvgIpc) is 2.98. The third-order valence-electron chi connectivity index (χ3n) is 4.45. The Morgan fingerprint density at radius 3 is 2.43 bits per heavy atom. The molecule has 1 spiro atoms. The molecule has 1 saturated carbocycles. The number of rotatable bonds is 6. The maximum atomic E-state index is 5.76. The summed E-state index contributed by atoms with van der Waals surface area (Å²) in [4.78, 5) is 0. The highest BCUT2D eigenvalue weighted by Gasteiger charge is 2.39. The molecule has 1 aliphatic carbocycles. The second kappa shape index (κ2) is 7.25. The summed E-state index contributed by atoms with van der Waals surface area (Å²) in [6.07, 6.45) is 5.53. The molecule has 2 fully saturated rings. The van der Waals surface area contributed by atoms with Crippen LogP contribution in [0, 0.1) is 0 Å². The van der Waals surface area contributed by atoms with Crippen molar-refractivity contribution in [2.24, 2.45) is 0 Å². The lowest BCUT2D eigenvalue weighted by Gasteiger charge is -2.35. The number of para-hydroxylation sites is 1. The van der Waals surface area contributed by atoms with Gasteiger partial charge in [-0.1, -0.05) is 18.2 Å². The molecule has 3 rings (SSSR count). The Kier molecular flexibility index (Phi) is 5.12. The molecule has 21 heavy (non-hydrogen) atoms. The first-order valence-electron chi connectivity index (χ1n) is 8.17. The van der Waals surface area contributed by atoms with Crippen molar-refractivity contribution in [3.8, 4) is 0 Å². The Morgan fingerprint density at radius 2 is 1.71 bits per heavy atom. The van der Waals surface area contributed by atoms with Crippen molar-refractivity contribution in [2.75, 3.05) is 31.6 Å². The Morgan fingerprint density at radius 1 is 1.00 bits per heavy atom. The third kappa shape index (κ3) is 4.19. The lowest BCUT2D eigenvalue weighted by molar-refractivity contribution is -0.179. The van der Waals surface area contributed by atoms with E-state index >= 15 is 0 Å². The maximum Gasteiger partial charge on any atom is 0.168 e. The smallest absolute Gasteiger partial charge is 0.168 e. The molecule has 0 atom stereocenters. The molecule has 0 unspecified atom stereocenters. The van der Waals surface area contributed by atoms with Gasteiger partial charge in [-0.25, -0.2) is 0 Å². The largest absolute Gasteiger partial charge is 0.385 e. The number of anilines is 1. The van der Waals surface area contributed by atoms with E-state index < -0.39 is 0 Å². The van der Waals surface area contributed by atoms with Crippen molar-refractivity contribution in [1.82, 2.24) is 5.32 Å². The predicted molar refractivity (Wildman–Crippen MR) is 84.4 cm³/mol. The Bertz CT molecular complexity index is 408. The van der Waals surface area contributed by atoms with Crippen LogP contribution in [0.25, 0.3) is 0 Å². The van der Waals surface area contributed by atoms with E-state index in [2.05, 4.69) is 34.9 Å². The highest BCUT2D eigenvalue weighted by atomic mass is 16.7. The van der Waals surface area contributed by atoms with Crippen LogP contribution >= 0.6 is 0 Å². The number of nitrogens with one attached hydrogen (secondary N) is 2. The van der Waals surface area contributed by atoms with E-state index in [4.69, 9.17) is 9.47 Å². The van der Waals surface area contributed by atoms with E-state index in [0.717, 1.165) is 58.4 Å². The first kappa shape index (κ1) is 14.8. The first-order valence-corrected chi connectivity index (χ1v) is 8.17. The van der Waals surface area contributed by atoms with Crippen molar-refractivity contribution >= 4 is 5.69 Å². The van der Waals surface area contributed by atoms with Gasteiger partial charge in [-0.05, 0) is 37.9 Å². The molecule has 0 radical (unpaired) electrons. The zero-order valence-electron chi connectivity index (χ0n) is 12.6. The number of ether oxygens (including phenoxy) is 2. The Hall–Kier alpha value is -1.10. The normalized spacial score (nSPS) is 21.7. The van der Waals surface area contributed by atoms with Gasteiger partial charge in [0, 0.05) is 31.1 Å². The zero-order chi connectivity index (χ0) is 14.4. The van der Waals surface area contributed by atoms with Crippen LogP contribution in [0.3, 0.4) is 0 Å². The minimum atomic E-state index is -0.229. The van der Waals surface area contributed by atoms with Gasteiger partial charge in [-0.2, -0.15) is 0 Å². The molecular weight excluding hydrogens is 264 g/mol. The highest BCUT2D eigenvalue weighted by Crippen LogP contribution is 2.35. The van der Waals surface area contributed by atoms with Crippen molar-refractivity contribution < 1.29 is 9.47 Å². The molecule has 116 valence electrons. The predicted octanol–water partition coefficient (Wildman–Crippen LogP) is 2.76. The quantitative estimate of drug-likeness (QED) is 0.791. The van der Waals surface area contributed by atoms with Gasteiger partial charge in [0.2, 0.25) is 0 Å². The zero-order valence-corrected chi connectivity index (χ0v) is 12.6. The lowest BCUT2D eigenvalue weighted by atomic mass is 9.90. The van der Waals surface area contributed by atoms with Gasteiger partial charge >= 0.3 is 0 Å². The van der Waals surface area contributed by atoms with Crippen LogP contribution in [0.15, 0.2) is 30.3 Å². The molecule has 4 nitrogen and oxygen atoms in total. The van der Waals surface area contributed by atoms with E-state index in [1.165, 1.54) is 5.69 Å². The van der Waals surface area contributed by atoms with Crippen LogP contribution in [0.1, 0.15) is 32.1 Å². The Balaban J connectivity index is 1.27. The third-order valence-corrected chi connectivity index (χ3v) is 4.45. The molecular formula is C17H26N2O2. The van der Waals surface area contributed by atoms with Crippen molar-refractivity contribution in [3.63, 3.8) is 0 Å². The van der Waals surface area contributed by atoms with Gasteiger partial charge in [0.05, 0.1) is 13.2 Å². The number of benzene rings is 1. The van der Waals surface area contributed by atoms with Crippen molar-refractivity contribution in [1.29, 1.82) is 0 Å². The van der Waals surface area contributed by atoms with E-state index in [0.29, 0.717) is 6.04 Å². The van der Waals surface area contributed by atoms with Crippen LogP contribution in [0.2, 0.25) is 0 Å². The first-order chi connectivity index (χ1) is 10.4. The SMILES string of the molecule is c1ccc(NCCCNC2CCC3(CC2)OCCO3)cc1. The van der Waals surface area contributed by atoms with Crippen LogP contribution in [-0.4, -0.2) is 38.1 Å². The summed E-state index contributed by atoms with van der Waals surface area (Å²) in [5.41, 5.74) is 1.20. The van der Waals surface area contributed by atoms with Crippen molar-refractivity contribution in [3.05, 3.63) is 30.3 Å². The van der Waals surface area contributed by atoms with E-state index in [-0.39, 0.29) is 5.79 Å². The standard InChI is InChI=1S/C17H26N2O2/c1-2-5-15(6-3-1)18-11-4-12-19-16-7-9-17(10-8-16)20-13-14-21-17/h1-3,5-6,16,18-19H,4,7-14H2. The van der Waals surface area contributed by atoms with E-state index in [9.17, 15) is 0 Å². The van der Waals surface area contributed by atoms with Crippen LogP contribution in [0.4, 0.5) is 5.69 Å². The fraction of sp³-hybridized carbons (Fsp3) is 0.647. The highest BCUT2D eigenvalue weighted by molar-refractivity contribution is 5.42. The molecule has 0 bridgehead atoms. The van der Waals surface area contributed by atoms with E-state index in [1.54, 1.807) is 0 Å². The molecule has 1 aliphatic heterocycles. The van der Waals surface area contributed by atoms with Gasteiger partial charge in [0.15, 0.2) is 5.79 Å². The molecule has 2 aliphatic rings. The molecule has 2 N–H and O–H groups in total. The van der Waals surface area contributed by atoms with Gasteiger partial charge in [0.1, 0.15) is 0 Å². The fourth-order valence-electron chi connectivity index (χ4n) is 3.23. The minimum Gasteiger partial charge on any atom is -0.385 e. The molecule has 0 aromatic heterocycles. The van der Waals surface area contributed by atoms with Crippen LogP contribution in [-0.2, 0) is 9.47 Å². The maximum absolute atomic E-state index is 5.76. The summed E-state index contributed by atoms with van der Waals surface area (Å²) in [5, 5.41) is 7.11. The number of hydrogen-bond donors (Lipinski definition) is 2. The van der Waals surface area contributed by atoms with Crippen LogP contribution < -0.4 is 10.6 Å². The van der Waals surface area contributed by atoms with Gasteiger partial charge in [0.25, 0.3) is 0 Å². The summed E-state index contributed by atoms with van der Waals surface area (Å²) < 4.78 is 11.5. The average molecular weight is 290 g/mol. The lowest BCUT2D eigenvalue weighted by Crippen LogP contribution is -2.42. The minimum absolute atomic E-state index is 0.229. The summed E-state index contributed by atoms with van der Waals surface area (Å²) in [6.45, 7) is 3.62. The Labute approximate surface area is 127 Å². The molecule has 1 heterocycles. The second-order valence-electron chi connectivity index (χ2n) is 5.98. The molecule has 1 aromatic rings. The molecule has 4 heteroatoms. The summed E-state index contributed by atoms with van der Waals surface area (Å²) >= 11 is 0. The van der Waals surface area contributed by atoms with Gasteiger partial charge in [-0.3, -0.25) is 0 Å². The summed E-state index contributed by atoms with van der Waals surface area (Å²) in [5.74, 6) is -0.229.